The molecule has 1 N–H and O–H groups in total. The first-order valence-corrected chi connectivity index (χ1v) is 14.2. The van der Waals surface area contributed by atoms with Crippen molar-refractivity contribution in [1.29, 1.82) is 0 Å². The Labute approximate surface area is 238 Å². The monoisotopic (exact) mass is 596 g/mol. The zero-order valence-electron chi connectivity index (χ0n) is 21.9. The zero-order valence-corrected chi connectivity index (χ0v) is 24.2. The third kappa shape index (κ3) is 7.61. The van der Waals surface area contributed by atoms with Gasteiger partial charge in [0.15, 0.2) is 6.61 Å². The van der Waals surface area contributed by atoms with Gasteiger partial charge in [0.05, 0.1) is 0 Å². The van der Waals surface area contributed by atoms with Crippen molar-refractivity contribution < 1.29 is 14.3 Å². The van der Waals surface area contributed by atoms with Gasteiger partial charge in [-0.2, -0.15) is 0 Å². The van der Waals surface area contributed by atoms with E-state index in [0.717, 1.165) is 52.4 Å². The van der Waals surface area contributed by atoms with Crippen molar-refractivity contribution in [1.82, 2.24) is 10.2 Å². The second kappa shape index (κ2) is 13.3. The Morgan fingerprint density at radius 2 is 1.63 bits per heavy atom. The van der Waals surface area contributed by atoms with Crippen molar-refractivity contribution in [3.63, 3.8) is 0 Å². The molecule has 2 amide bonds. The standard InChI is InChI=1S/C31H34BrClN2O3/c1-21-16-27(17-22(2)30(21)33)38-20-29(36)35(19-24-12-14-25(32)15-13-24)28(18-23-8-4-3-5-9-23)31(37)34-26-10-6-7-11-26/h3-5,8-9,12-17,26,28H,6-7,10-11,18-20H2,1-2H3,(H,34,37)/t28-/m0/s1. The summed E-state index contributed by atoms with van der Waals surface area (Å²) in [6, 6.07) is 20.8. The number of halogens is 2. The van der Waals surface area contributed by atoms with Crippen LogP contribution < -0.4 is 10.1 Å². The van der Waals surface area contributed by atoms with E-state index in [1.807, 2.05) is 80.6 Å². The molecule has 0 spiro atoms. The van der Waals surface area contributed by atoms with Crippen LogP contribution in [0.3, 0.4) is 0 Å². The smallest absolute Gasteiger partial charge is 0.261 e. The molecule has 1 aliphatic rings. The number of carbonyl (C=O) groups excluding carboxylic acids is 2. The number of hydrogen-bond acceptors (Lipinski definition) is 3. The first-order valence-electron chi connectivity index (χ1n) is 13.1. The fraction of sp³-hybridized carbons (Fsp3) is 0.355. The molecule has 1 fully saturated rings. The molecule has 4 rings (SSSR count). The van der Waals surface area contributed by atoms with Crippen LogP contribution in [0.15, 0.2) is 71.2 Å². The molecule has 0 aliphatic heterocycles. The molecule has 38 heavy (non-hydrogen) atoms. The summed E-state index contributed by atoms with van der Waals surface area (Å²) in [6.07, 6.45) is 4.60. The van der Waals surface area contributed by atoms with E-state index in [1.54, 1.807) is 4.90 Å². The number of nitrogens with zero attached hydrogens (tertiary/aromatic N) is 1. The van der Waals surface area contributed by atoms with E-state index in [0.29, 0.717) is 23.7 Å². The average molecular weight is 598 g/mol. The van der Waals surface area contributed by atoms with Gasteiger partial charge in [0, 0.05) is 28.5 Å². The van der Waals surface area contributed by atoms with Crippen LogP contribution in [-0.4, -0.2) is 35.4 Å². The van der Waals surface area contributed by atoms with Gasteiger partial charge < -0.3 is 15.0 Å². The summed E-state index contributed by atoms with van der Waals surface area (Å²) in [7, 11) is 0. The molecule has 200 valence electrons. The number of rotatable bonds is 10. The molecule has 7 heteroatoms. The number of carbonyl (C=O) groups is 2. The summed E-state index contributed by atoms with van der Waals surface area (Å²) < 4.78 is 6.90. The van der Waals surface area contributed by atoms with E-state index >= 15 is 0 Å². The normalized spacial score (nSPS) is 14.2. The third-order valence-corrected chi connectivity index (χ3v) is 8.14. The van der Waals surface area contributed by atoms with Crippen molar-refractivity contribution in [2.75, 3.05) is 6.61 Å². The minimum atomic E-state index is -0.675. The van der Waals surface area contributed by atoms with Crippen molar-refractivity contribution in [3.8, 4) is 5.75 Å². The van der Waals surface area contributed by atoms with Crippen LogP contribution in [0.2, 0.25) is 5.02 Å². The van der Waals surface area contributed by atoms with Crippen molar-refractivity contribution in [3.05, 3.63) is 98.5 Å². The fourth-order valence-corrected chi connectivity index (χ4v) is 5.30. The van der Waals surface area contributed by atoms with Gasteiger partial charge in [-0.15, -0.1) is 0 Å². The summed E-state index contributed by atoms with van der Waals surface area (Å²) >= 11 is 9.79. The molecule has 1 atom stereocenters. The van der Waals surface area contributed by atoms with Crippen LogP contribution in [-0.2, 0) is 22.6 Å². The minimum absolute atomic E-state index is 0.121. The van der Waals surface area contributed by atoms with Crippen LogP contribution in [0.4, 0.5) is 0 Å². The predicted molar refractivity (Wildman–Crippen MR) is 155 cm³/mol. The molecule has 1 saturated carbocycles. The maximum absolute atomic E-state index is 13.8. The van der Waals surface area contributed by atoms with Gasteiger partial charge in [-0.3, -0.25) is 9.59 Å². The van der Waals surface area contributed by atoms with E-state index in [9.17, 15) is 9.59 Å². The van der Waals surface area contributed by atoms with Gasteiger partial charge in [0.25, 0.3) is 5.91 Å². The highest BCUT2D eigenvalue weighted by atomic mass is 79.9. The number of aryl methyl sites for hydroxylation is 2. The summed E-state index contributed by atoms with van der Waals surface area (Å²) in [5, 5.41) is 3.92. The first kappa shape index (κ1) is 28.2. The quantitative estimate of drug-likeness (QED) is 0.280. The topological polar surface area (TPSA) is 58.6 Å². The molecule has 0 radical (unpaired) electrons. The van der Waals surface area contributed by atoms with Gasteiger partial charge in [-0.1, -0.05) is 82.8 Å². The Hall–Kier alpha value is -2.83. The Kier molecular flexibility index (Phi) is 9.86. The van der Waals surface area contributed by atoms with E-state index in [2.05, 4.69) is 21.2 Å². The number of amides is 2. The van der Waals surface area contributed by atoms with Crippen LogP contribution >= 0.6 is 27.5 Å². The lowest BCUT2D eigenvalue weighted by Gasteiger charge is -2.32. The lowest BCUT2D eigenvalue weighted by molar-refractivity contribution is -0.143. The first-order chi connectivity index (χ1) is 18.3. The Balaban J connectivity index is 1.61. The number of nitrogens with one attached hydrogen (secondary N) is 1. The van der Waals surface area contributed by atoms with E-state index in [4.69, 9.17) is 16.3 Å². The zero-order chi connectivity index (χ0) is 27.1. The second-order valence-electron chi connectivity index (χ2n) is 10.0. The summed E-state index contributed by atoms with van der Waals surface area (Å²) in [5.74, 6) is 0.210. The lowest BCUT2D eigenvalue weighted by atomic mass is 10.0. The van der Waals surface area contributed by atoms with E-state index in [-0.39, 0.29) is 24.5 Å². The molecular formula is C31H34BrClN2O3. The highest BCUT2D eigenvalue weighted by Crippen LogP contribution is 2.26. The largest absolute Gasteiger partial charge is 0.484 e. The van der Waals surface area contributed by atoms with Crippen LogP contribution in [0, 0.1) is 13.8 Å². The van der Waals surface area contributed by atoms with Gasteiger partial charge in [0.2, 0.25) is 5.91 Å². The molecule has 0 bridgehead atoms. The predicted octanol–water partition coefficient (Wildman–Crippen LogP) is 6.80. The molecule has 0 saturated heterocycles. The van der Waals surface area contributed by atoms with Gasteiger partial charge in [-0.05, 0) is 73.2 Å². The SMILES string of the molecule is Cc1cc(OCC(=O)N(Cc2ccc(Br)cc2)[C@@H](Cc2ccccc2)C(=O)NC2CCCC2)cc(C)c1Cl. The van der Waals surface area contributed by atoms with Gasteiger partial charge in [-0.25, -0.2) is 0 Å². The van der Waals surface area contributed by atoms with E-state index in [1.165, 1.54) is 0 Å². The maximum Gasteiger partial charge on any atom is 0.261 e. The van der Waals surface area contributed by atoms with Crippen LogP contribution in [0.25, 0.3) is 0 Å². The number of hydrogen-bond donors (Lipinski definition) is 1. The molecule has 0 heterocycles. The molecule has 5 nitrogen and oxygen atoms in total. The van der Waals surface area contributed by atoms with Crippen LogP contribution in [0.1, 0.15) is 47.9 Å². The molecule has 0 aromatic heterocycles. The summed E-state index contributed by atoms with van der Waals surface area (Å²) in [6.45, 7) is 3.93. The highest BCUT2D eigenvalue weighted by molar-refractivity contribution is 9.10. The molecule has 3 aromatic rings. The van der Waals surface area contributed by atoms with Crippen LogP contribution in [0.5, 0.6) is 5.75 Å². The Morgan fingerprint density at radius 1 is 1.00 bits per heavy atom. The highest BCUT2D eigenvalue weighted by Gasteiger charge is 2.32. The molecular weight excluding hydrogens is 564 g/mol. The lowest BCUT2D eigenvalue weighted by Crippen LogP contribution is -2.53. The summed E-state index contributed by atoms with van der Waals surface area (Å²) in [5.41, 5.74) is 3.71. The Morgan fingerprint density at radius 3 is 2.26 bits per heavy atom. The van der Waals surface area contributed by atoms with Crippen molar-refractivity contribution >= 4 is 39.3 Å². The van der Waals surface area contributed by atoms with Gasteiger partial charge >= 0.3 is 0 Å². The third-order valence-electron chi connectivity index (χ3n) is 7.01. The maximum atomic E-state index is 13.8. The van der Waals surface area contributed by atoms with Gasteiger partial charge in [0.1, 0.15) is 11.8 Å². The minimum Gasteiger partial charge on any atom is -0.484 e. The molecule has 3 aromatic carbocycles. The summed E-state index contributed by atoms with van der Waals surface area (Å²) in [4.78, 5) is 29.2. The van der Waals surface area contributed by atoms with Crippen molar-refractivity contribution in [2.45, 2.75) is 64.6 Å². The average Bonchev–Trinajstić information content (AvgIpc) is 3.42. The Bertz CT molecular complexity index is 1220. The molecule has 0 unspecified atom stereocenters. The number of ether oxygens (including phenoxy) is 1. The van der Waals surface area contributed by atoms with Crippen molar-refractivity contribution in [2.24, 2.45) is 0 Å². The molecule has 1 aliphatic carbocycles. The van der Waals surface area contributed by atoms with E-state index < -0.39 is 6.04 Å². The fourth-order valence-electron chi connectivity index (χ4n) is 4.93. The number of benzene rings is 3. The second-order valence-corrected chi connectivity index (χ2v) is 11.3.